The van der Waals surface area contributed by atoms with E-state index in [2.05, 4.69) is 24.5 Å². The molecule has 1 fully saturated rings. The molecule has 184 valence electrons. The predicted molar refractivity (Wildman–Crippen MR) is 132 cm³/mol. The minimum atomic E-state index is -0.719. The summed E-state index contributed by atoms with van der Waals surface area (Å²) in [6, 6.07) is 8.24. The SMILES string of the molecule is CC(C)C[C@@H]1C(=O)N(C)CCCCCCN[C@@H](Cc2ccccc2)C(=O)N[C@@H](C)C(=O)N1C. The smallest absolute Gasteiger partial charge is 0.245 e. The molecule has 7 nitrogen and oxygen atoms in total. The average molecular weight is 459 g/mol. The van der Waals surface area contributed by atoms with E-state index >= 15 is 0 Å². The normalized spacial score (nSPS) is 24.8. The lowest BCUT2D eigenvalue weighted by molar-refractivity contribution is -0.146. The van der Waals surface area contributed by atoms with Gasteiger partial charge in [0.25, 0.3) is 0 Å². The highest BCUT2D eigenvalue weighted by molar-refractivity contribution is 5.92. The first-order valence-electron chi connectivity index (χ1n) is 12.3. The summed E-state index contributed by atoms with van der Waals surface area (Å²) >= 11 is 0. The number of amides is 3. The van der Waals surface area contributed by atoms with E-state index < -0.39 is 18.1 Å². The number of carbonyl (C=O) groups is 3. The van der Waals surface area contributed by atoms with Crippen LogP contribution in [0.1, 0.15) is 58.4 Å². The van der Waals surface area contributed by atoms with Gasteiger partial charge in [0, 0.05) is 20.6 Å². The Morgan fingerprint density at radius 2 is 1.64 bits per heavy atom. The average Bonchev–Trinajstić information content (AvgIpc) is 2.79. The second kappa shape index (κ2) is 13.3. The molecular formula is C26H42N4O3. The zero-order chi connectivity index (χ0) is 24.4. The maximum Gasteiger partial charge on any atom is 0.245 e. The Labute approximate surface area is 199 Å². The van der Waals surface area contributed by atoms with Gasteiger partial charge in [-0.05, 0) is 50.6 Å². The molecule has 0 bridgehead atoms. The van der Waals surface area contributed by atoms with Crippen molar-refractivity contribution in [3.63, 3.8) is 0 Å². The van der Waals surface area contributed by atoms with E-state index in [1.165, 1.54) is 4.90 Å². The van der Waals surface area contributed by atoms with Gasteiger partial charge in [-0.2, -0.15) is 0 Å². The molecular weight excluding hydrogens is 416 g/mol. The van der Waals surface area contributed by atoms with Gasteiger partial charge in [0.2, 0.25) is 17.7 Å². The van der Waals surface area contributed by atoms with Crippen LogP contribution in [0.4, 0.5) is 0 Å². The van der Waals surface area contributed by atoms with E-state index in [-0.39, 0.29) is 23.6 Å². The zero-order valence-electron chi connectivity index (χ0n) is 21.0. The van der Waals surface area contributed by atoms with Crippen LogP contribution < -0.4 is 10.6 Å². The summed E-state index contributed by atoms with van der Waals surface area (Å²) in [6.07, 6.45) is 5.10. The van der Waals surface area contributed by atoms with Crippen LogP contribution in [-0.2, 0) is 20.8 Å². The molecule has 2 rings (SSSR count). The molecule has 1 aromatic carbocycles. The Kier molecular flexibility index (Phi) is 10.8. The number of hydrogen-bond acceptors (Lipinski definition) is 4. The van der Waals surface area contributed by atoms with E-state index in [9.17, 15) is 14.4 Å². The summed E-state index contributed by atoms with van der Waals surface area (Å²) in [5, 5.41) is 6.29. The van der Waals surface area contributed by atoms with E-state index in [1.807, 2.05) is 37.4 Å². The van der Waals surface area contributed by atoms with Crippen molar-refractivity contribution in [2.75, 3.05) is 27.2 Å². The first-order chi connectivity index (χ1) is 15.7. The van der Waals surface area contributed by atoms with E-state index in [4.69, 9.17) is 0 Å². The van der Waals surface area contributed by atoms with Crippen molar-refractivity contribution in [2.24, 2.45) is 5.92 Å². The molecule has 33 heavy (non-hydrogen) atoms. The van der Waals surface area contributed by atoms with Crippen LogP contribution in [0.15, 0.2) is 30.3 Å². The summed E-state index contributed by atoms with van der Waals surface area (Å²) < 4.78 is 0. The quantitative estimate of drug-likeness (QED) is 0.727. The van der Waals surface area contributed by atoms with Gasteiger partial charge in [-0.25, -0.2) is 0 Å². The topological polar surface area (TPSA) is 81.8 Å². The lowest BCUT2D eigenvalue weighted by Gasteiger charge is -2.34. The van der Waals surface area contributed by atoms with Crippen LogP contribution in [-0.4, -0.2) is 72.8 Å². The van der Waals surface area contributed by atoms with Crippen molar-refractivity contribution in [2.45, 2.75) is 77.4 Å². The second-order valence-electron chi connectivity index (χ2n) is 9.70. The second-order valence-corrected chi connectivity index (χ2v) is 9.70. The molecule has 0 spiro atoms. The molecule has 3 amide bonds. The lowest BCUT2D eigenvalue weighted by Crippen LogP contribution is -2.56. The molecule has 0 unspecified atom stereocenters. The van der Waals surface area contributed by atoms with E-state index in [0.717, 1.165) is 37.8 Å². The number of hydrogen-bond donors (Lipinski definition) is 2. The maximum atomic E-state index is 13.2. The van der Waals surface area contributed by atoms with Crippen molar-refractivity contribution >= 4 is 17.7 Å². The van der Waals surface area contributed by atoms with Gasteiger partial charge in [-0.3, -0.25) is 14.4 Å². The maximum absolute atomic E-state index is 13.2. The van der Waals surface area contributed by atoms with Crippen LogP contribution >= 0.6 is 0 Å². The monoisotopic (exact) mass is 458 g/mol. The number of nitrogens with one attached hydrogen (secondary N) is 2. The molecule has 0 aliphatic carbocycles. The van der Waals surface area contributed by atoms with Crippen molar-refractivity contribution in [1.29, 1.82) is 0 Å². The molecule has 1 aromatic rings. The fourth-order valence-electron chi connectivity index (χ4n) is 4.28. The summed E-state index contributed by atoms with van der Waals surface area (Å²) in [5.41, 5.74) is 1.07. The molecule has 7 heteroatoms. The molecule has 1 aliphatic rings. The fraction of sp³-hybridized carbons (Fsp3) is 0.654. The van der Waals surface area contributed by atoms with Gasteiger partial charge >= 0.3 is 0 Å². The highest BCUT2D eigenvalue weighted by atomic mass is 16.2. The highest BCUT2D eigenvalue weighted by Crippen LogP contribution is 2.15. The van der Waals surface area contributed by atoms with Crippen molar-refractivity contribution in [1.82, 2.24) is 20.4 Å². The van der Waals surface area contributed by atoms with Crippen LogP contribution in [0.5, 0.6) is 0 Å². The summed E-state index contributed by atoms with van der Waals surface area (Å²) in [6.45, 7) is 7.22. The molecule has 0 saturated carbocycles. The lowest BCUT2D eigenvalue weighted by atomic mass is 10.0. The largest absolute Gasteiger partial charge is 0.344 e. The summed E-state index contributed by atoms with van der Waals surface area (Å²) in [5.74, 6) is -0.211. The Bertz CT molecular complexity index is 768. The number of rotatable bonds is 4. The third-order valence-corrected chi connectivity index (χ3v) is 6.31. The van der Waals surface area contributed by atoms with Crippen LogP contribution in [0, 0.1) is 5.92 Å². The third-order valence-electron chi connectivity index (χ3n) is 6.31. The Balaban J connectivity index is 2.21. The molecule has 1 aliphatic heterocycles. The molecule has 1 saturated heterocycles. The number of nitrogens with zero attached hydrogens (tertiary/aromatic N) is 2. The summed E-state index contributed by atoms with van der Waals surface area (Å²) in [7, 11) is 3.49. The summed E-state index contributed by atoms with van der Waals surface area (Å²) in [4.78, 5) is 42.8. The number of carbonyl (C=O) groups excluding carboxylic acids is 3. The first-order valence-corrected chi connectivity index (χ1v) is 12.3. The van der Waals surface area contributed by atoms with Gasteiger partial charge in [-0.15, -0.1) is 0 Å². The van der Waals surface area contributed by atoms with Crippen LogP contribution in [0.2, 0.25) is 0 Å². The number of benzene rings is 1. The Morgan fingerprint density at radius 3 is 2.30 bits per heavy atom. The van der Waals surface area contributed by atoms with Crippen LogP contribution in [0.3, 0.4) is 0 Å². The van der Waals surface area contributed by atoms with Gasteiger partial charge in [0.05, 0.1) is 6.04 Å². The number of likely N-dealkylation sites (N-methyl/N-ethyl adjacent to an activating group) is 2. The van der Waals surface area contributed by atoms with Gasteiger partial charge in [-0.1, -0.05) is 57.0 Å². The molecule has 3 atom stereocenters. The highest BCUT2D eigenvalue weighted by Gasteiger charge is 2.33. The Morgan fingerprint density at radius 1 is 0.970 bits per heavy atom. The van der Waals surface area contributed by atoms with Gasteiger partial charge in [0.1, 0.15) is 12.1 Å². The predicted octanol–water partition coefficient (Wildman–Crippen LogP) is 2.60. The van der Waals surface area contributed by atoms with Gasteiger partial charge in [0.15, 0.2) is 0 Å². The third kappa shape index (κ3) is 8.46. The van der Waals surface area contributed by atoms with Gasteiger partial charge < -0.3 is 20.4 Å². The van der Waals surface area contributed by atoms with E-state index in [1.54, 1.807) is 18.9 Å². The minimum Gasteiger partial charge on any atom is -0.344 e. The Hall–Kier alpha value is -2.41. The molecule has 0 aromatic heterocycles. The van der Waals surface area contributed by atoms with Crippen molar-refractivity contribution in [3.8, 4) is 0 Å². The first kappa shape index (κ1) is 26.8. The van der Waals surface area contributed by atoms with Crippen molar-refractivity contribution in [3.05, 3.63) is 35.9 Å². The van der Waals surface area contributed by atoms with Crippen LogP contribution in [0.25, 0.3) is 0 Å². The zero-order valence-corrected chi connectivity index (χ0v) is 21.0. The molecule has 0 radical (unpaired) electrons. The molecule has 2 N–H and O–H groups in total. The molecule has 1 heterocycles. The van der Waals surface area contributed by atoms with Crippen molar-refractivity contribution < 1.29 is 14.4 Å². The minimum absolute atomic E-state index is 0.0335. The van der Waals surface area contributed by atoms with E-state index in [0.29, 0.717) is 19.4 Å². The fourth-order valence-corrected chi connectivity index (χ4v) is 4.28. The standard InChI is InChI=1S/C26H42N4O3/c1-19(2)17-23-26(33)29(4)16-12-7-6-11-15-27-22(18-21-13-9-8-10-14-21)24(31)28-20(3)25(32)30(23)5/h8-10,13-14,19-20,22-23,27H,6-7,11-12,15-18H2,1-5H3,(H,28,31)/t20-,22-,23+/m0/s1.